The summed E-state index contributed by atoms with van der Waals surface area (Å²) in [5, 5.41) is 3.85. The predicted octanol–water partition coefficient (Wildman–Crippen LogP) is 0.879. The lowest BCUT2D eigenvalue weighted by molar-refractivity contribution is 0.380. The average molecular weight is 257 g/mol. The summed E-state index contributed by atoms with van der Waals surface area (Å²) in [4.78, 5) is 20.5. The highest BCUT2D eigenvalue weighted by molar-refractivity contribution is 5.67. The van der Waals surface area contributed by atoms with Crippen LogP contribution in [0.25, 0.3) is 22.6 Å². The number of rotatable bonds is 3. The van der Waals surface area contributed by atoms with Gasteiger partial charge in [0.05, 0.1) is 12.2 Å². The number of benzene rings is 1. The molecule has 1 aromatic carbocycles. The van der Waals surface area contributed by atoms with Gasteiger partial charge in [-0.3, -0.25) is 0 Å². The van der Waals surface area contributed by atoms with Crippen LogP contribution in [0.3, 0.4) is 0 Å². The van der Waals surface area contributed by atoms with Crippen LogP contribution in [0.4, 0.5) is 0 Å². The fraction of sp³-hybridized carbons (Fsp3) is 0.0833. The van der Waals surface area contributed by atoms with E-state index in [0.29, 0.717) is 17.4 Å². The monoisotopic (exact) mass is 257 g/mol. The molecule has 0 bridgehead atoms. The molecule has 96 valence electrons. The summed E-state index contributed by atoms with van der Waals surface area (Å²) in [5.41, 5.74) is 7.53. The summed E-state index contributed by atoms with van der Waals surface area (Å²) in [7, 11) is 0. The van der Waals surface area contributed by atoms with Crippen LogP contribution in [0.1, 0.15) is 5.89 Å². The highest BCUT2D eigenvalue weighted by Gasteiger charge is 2.09. The van der Waals surface area contributed by atoms with Crippen molar-refractivity contribution in [1.82, 2.24) is 20.1 Å². The third-order valence-corrected chi connectivity index (χ3v) is 2.67. The Labute approximate surface area is 107 Å². The van der Waals surface area contributed by atoms with E-state index in [-0.39, 0.29) is 12.2 Å². The molecule has 7 nitrogen and oxygen atoms in total. The van der Waals surface area contributed by atoms with Crippen LogP contribution in [0.15, 0.2) is 39.8 Å². The Bertz CT molecular complexity index is 755. The van der Waals surface area contributed by atoms with Crippen LogP contribution < -0.4 is 11.4 Å². The van der Waals surface area contributed by atoms with Crippen molar-refractivity contribution in [3.8, 4) is 22.6 Å². The van der Waals surface area contributed by atoms with Gasteiger partial charge in [0.2, 0.25) is 11.7 Å². The fourth-order valence-electron chi connectivity index (χ4n) is 1.77. The highest BCUT2D eigenvalue weighted by Crippen LogP contribution is 2.22. The normalized spacial score (nSPS) is 10.8. The van der Waals surface area contributed by atoms with Crippen molar-refractivity contribution in [3.63, 3.8) is 0 Å². The van der Waals surface area contributed by atoms with Gasteiger partial charge in [-0.25, -0.2) is 4.79 Å². The van der Waals surface area contributed by atoms with Gasteiger partial charge in [-0.2, -0.15) is 4.98 Å². The molecule has 0 spiro atoms. The molecule has 0 atom stereocenters. The Morgan fingerprint density at radius 3 is 2.84 bits per heavy atom. The smallest absolute Gasteiger partial charge is 0.323 e. The van der Waals surface area contributed by atoms with E-state index < -0.39 is 0 Å². The van der Waals surface area contributed by atoms with Gasteiger partial charge in [0.15, 0.2) is 0 Å². The SMILES string of the molecule is NCc1nc(-c2cccc(-c3c[nH]c(=O)[nH]3)c2)no1. The molecule has 0 saturated heterocycles. The third-order valence-electron chi connectivity index (χ3n) is 2.67. The molecule has 0 aliphatic rings. The molecule has 7 heteroatoms. The van der Waals surface area contributed by atoms with Gasteiger partial charge in [-0.1, -0.05) is 23.4 Å². The van der Waals surface area contributed by atoms with Crippen LogP contribution in [-0.4, -0.2) is 20.1 Å². The highest BCUT2D eigenvalue weighted by atomic mass is 16.5. The molecule has 0 aliphatic carbocycles. The summed E-state index contributed by atoms with van der Waals surface area (Å²) in [5.74, 6) is 0.857. The maximum atomic E-state index is 11.1. The summed E-state index contributed by atoms with van der Waals surface area (Å²) < 4.78 is 4.97. The van der Waals surface area contributed by atoms with E-state index in [0.717, 1.165) is 11.1 Å². The molecule has 2 aromatic heterocycles. The second-order valence-corrected chi connectivity index (χ2v) is 3.95. The van der Waals surface area contributed by atoms with Crippen molar-refractivity contribution >= 4 is 0 Å². The van der Waals surface area contributed by atoms with Gasteiger partial charge >= 0.3 is 5.69 Å². The average Bonchev–Trinajstić information content (AvgIpc) is 3.07. The molecule has 19 heavy (non-hydrogen) atoms. The topological polar surface area (TPSA) is 114 Å². The molecule has 0 unspecified atom stereocenters. The molecule has 0 saturated carbocycles. The minimum Gasteiger partial charge on any atom is -0.338 e. The van der Waals surface area contributed by atoms with Crippen LogP contribution in [0, 0.1) is 0 Å². The minimum atomic E-state index is -0.245. The van der Waals surface area contributed by atoms with Crippen LogP contribution >= 0.6 is 0 Å². The van der Waals surface area contributed by atoms with Gasteiger partial charge in [0.25, 0.3) is 0 Å². The second-order valence-electron chi connectivity index (χ2n) is 3.95. The first kappa shape index (κ1) is 11.4. The molecular weight excluding hydrogens is 246 g/mol. The zero-order valence-electron chi connectivity index (χ0n) is 9.88. The van der Waals surface area contributed by atoms with Gasteiger partial charge in [0.1, 0.15) is 0 Å². The lowest BCUT2D eigenvalue weighted by Crippen LogP contribution is -1.99. The number of hydrogen-bond acceptors (Lipinski definition) is 5. The Hall–Kier alpha value is -2.67. The Morgan fingerprint density at radius 2 is 2.16 bits per heavy atom. The largest absolute Gasteiger partial charge is 0.338 e. The third kappa shape index (κ3) is 2.18. The first-order valence-corrected chi connectivity index (χ1v) is 5.67. The number of imidazole rings is 1. The van der Waals surface area contributed by atoms with Crippen molar-refractivity contribution < 1.29 is 4.52 Å². The van der Waals surface area contributed by atoms with Gasteiger partial charge in [-0.05, 0) is 6.07 Å². The Balaban J connectivity index is 2.02. The van der Waals surface area contributed by atoms with Gasteiger partial charge < -0.3 is 20.2 Å². The first-order chi connectivity index (χ1) is 9.26. The molecular formula is C12H11N5O2. The van der Waals surface area contributed by atoms with Gasteiger partial charge in [0, 0.05) is 17.3 Å². The van der Waals surface area contributed by atoms with E-state index >= 15 is 0 Å². The maximum absolute atomic E-state index is 11.1. The van der Waals surface area contributed by atoms with Crippen LogP contribution in [0.5, 0.6) is 0 Å². The fourth-order valence-corrected chi connectivity index (χ4v) is 1.77. The van der Waals surface area contributed by atoms with Gasteiger partial charge in [-0.15, -0.1) is 0 Å². The summed E-state index contributed by atoms with van der Waals surface area (Å²) in [6.45, 7) is 0.206. The summed E-state index contributed by atoms with van der Waals surface area (Å²) in [6.07, 6.45) is 1.61. The van der Waals surface area contributed by atoms with Crippen LogP contribution in [-0.2, 0) is 6.54 Å². The number of nitrogens with two attached hydrogens (primary N) is 1. The first-order valence-electron chi connectivity index (χ1n) is 5.67. The molecule has 3 rings (SSSR count). The van der Waals surface area contributed by atoms with E-state index in [1.165, 1.54) is 0 Å². The number of nitrogens with zero attached hydrogens (tertiary/aromatic N) is 2. The summed E-state index contributed by atoms with van der Waals surface area (Å²) >= 11 is 0. The Morgan fingerprint density at radius 1 is 1.32 bits per heavy atom. The van der Waals surface area contributed by atoms with E-state index in [1.54, 1.807) is 6.20 Å². The molecule has 4 N–H and O–H groups in total. The standard InChI is InChI=1S/C12H11N5O2/c13-5-10-16-11(17-19-10)8-3-1-2-7(4-8)9-6-14-12(18)15-9/h1-4,6H,5,13H2,(H2,14,15,18). The minimum absolute atomic E-state index is 0.206. The molecule has 0 radical (unpaired) electrons. The van der Waals surface area contributed by atoms with Crippen molar-refractivity contribution in [1.29, 1.82) is 0 Å². The van der Waals surface area contributed by atoms with Crippen molar-refractivity contribution in [2.45, 2.75) is 6.54 Å². The quantitative estimate of drug-likeness (QED) is 0.644. The number of aromatic nitrogens is 4. The molecule has 0 aliphatic heterocycles. The summed E-state index contributed by atoms with van der Waals surface area (Å²) in [6, 6.07) is 7.46. The number of hydrogen-bond donors (Lipinski definition) is 3. The second kappa shape index (κ2) is 4.54. The van der Waals surface area contributed by atoms with Crippen molar-refractivity contribution in [2.75, 3.05) is 0 Å². The van der Waals surface area contributed by atoms with Crippen molar-refractivity contribution in [3.05, 3.63) is 46.8 Å². The Kier molecular flexibility index (Phi) is 2.73. The molecule has 2 heterocycles. The number of aromatic amines is 2. The number of H-pyrrole nitrogens is 2. The molecule has 0 fully saturated rings. The van der Waals surface area contributed by atoms with Crippen molar-refractivity contribution in [2.24, 2.45) is 5.73 Å². The zero-order chi connectivity index (χ0) is 13.2. The van der Waals surface area contributed by atoms with E-state index in [4.69, 9.17) is 10.3 Å². The predicted molar refractivity (Wildman–Crippen MR) is 68.0 cm³/mol. The lowest BCUT2D eigenvalue weighted by Gasteiger charge is -1.99. The molecule has 0 amide bonds. The molecule has 3 aromatic rings. The van der Waals surface area contributed by atoms with Crippen LogP contribution in [0.2, 0.25) is 0 Å². The number of nitrogens with one attached hydrogen (secondary N) is 2. The van der Waals surface area contributed by atoms with E-state index in [2.05, 4.69) is 20.1 Å². The zero-order valence-corrected chi connectivity index (χ0v) is 9.88. The van der Waals surface area contributed by atoms with E-state index in [1.807, 2.05) is 24.3 Å². The maximum Gasteiger partial charge on any atom is 0.323 e. The van der Waals surface area contributed by atoms with E-state index in [9.17, 15) is 4.79 Å². The lowest BCUT2D eigenvalue weighted by atomic mass is 10.1.